The summed E-state index contributed by atoms with van der Waals surface area (Å²) in [5, 5.41) is 2.47. The van der Waals surface area contributed by atoms with Gasteiger partial charge < -0.3 is 14.0 Å². The Morgan fingerprint density at radius 2 is 0.904 bits per heavy atom. The number of aromatic nitrogens is 2. The lowest BCUT2D eigenvalue weighted by atomic mass is 9.62. The molecule has 0 N–H and O–H groups in total. The molecule has 4 heterocycles. The second-order valence-electron chi connectivity index (χ2n) is 13.5. The van der Waals surface area contributed by atoms with E-state index in [2.05, 4.69) is 161 Å². The molecule has 52 heavy (non-hydrogen) atoms. The molecule has 0 aliphatic carbocycles. The van der Waals surface area contributed by atoms with Gasteiger partial charge in [0.15, 0.2) is 0 Å². The third-order valence-electron chi connectivity index (χ3n) is 10.8. The van der Waals surface area contributed by atoms with Crippen LogP contribution in [0.5, 0.6) is 23.0 Å². The molecule has 244 valence electrons. The summed E-state index contributed by atoms with van der Waals surface area (Å²) in [6.07, 6.45) is 3.65. The Morgan fingerprint density at radius 1 is 0.385 bits per heavy atom. The SMILES string of the molecule is c1ccc(-n2c3ccccc3c3ccc(-c4ccc5c(c4)Oc4ccccc4C54c5ccccc5Oc5cc(-c6ccncc6)ccc54)cc32)cc1. The Hall–Kier alpha value is -6.91. The second-order valence-corrected chi connectivity index (χ2v) is 13.5. The number of hydrogen-bond donors (Lipinski definition) is 0. The highest BCUT2D eigenvalue weighted by Crippen LogP contribution is 2.62. The third-order valence-corrected chi connectivity index (χ3v) is 10.8. The van der Waals surface area contributed by atoms with E-state index in [1.54, 1.807) is 0 Å². The number of hydrogen-bond acceptors (Lipinski definition) is 3. The molecule has 4 nitrogen and oxygen atoms in total. The summed E-state index contributed by atoms with van der Waals surface area (Å²) >= 11 is 0. The fraction of sp³-hybridized carbons (Fsp3) is 0.0208. The Kier molecular flexibility index (Phi) is 6.13. The lowest BCUT2D eigenvalue weighted by Crippen LogP contribution is -2.36. The third kappa shape index (κ3) is 4.06. The van der Waals surface area contributed by atoms with Gasteiger partial charge in [0.05, 0.1) is 16.4 Å². The lowest BCUT2D eigenvalue weighted by Gasteiger charge is -2.45. The first-order valence-electron chi connectivity index (χ1n) is 17.6. The molecule has 1 unspecified atom stereocenters. The Balaban J connectivity index is 1.14. The first-order chi connectivity index (χ1) is 25.8. The zero-order valence-corrected chi connectivity index (χ0v) is 28.0. The fourth-order valence-corrected chi connectivity index (χ4v) is 8.58. The average molecular weight is 667 g/mol. The van der Waals surface area contributed by atoms with E-state index in [9.17, 15) is 0 Å². The van der Waals surface area contributed by atoms with Crippen molar-refractivity contribution in [3.63, 3.8) is 0 Å². The van der Waals surface area contributed by atoms with Crippen LogP contribution in [0.1, 0.15) is 22.3 Å². The van der Waals surface area contributed by atoms with Crippen molar-refractivity contribution in [1.82, 2.24) is 9.55 Å². The van der Waals surface area contributed by atoms with Crippen molar-refractivity contribution in [2.45, 2.75) is 5.41 Å². The molecule has 1 atom stereocenters. The van der Waals surface area contributed by atoms with Crippen molar-refractivity contribution >= 4 is 21.8 Å². The van der Waals surface area contributed by atoms with Crippen LogP contribution in [0.15, 0.2) is 182 Å². The van der Waals surface area contributed by atoms with Crippen LogP contribution in [-0.2, 0) is 5.41 Å². The van der Waals surface area contributed by atoms with E-state index < -0.39 is 5.41 Å². The summed E-state index contributed by atoms with van der Waals surface area (Å²) < 4.78 is 16.0. The predicted octanol–water partition coefficient (Wildman–Crippen LogP) is 12.1. The number of rotatable bonds is 3. The minimum absolute atomic E-state index is 0.659. The summed E-state index contributed by atoms with van der Waals surface area (Å²) in [7, 11) is 0. The van der Waals surface area contributed by atoms with E-state index in [-0.39, 0.29) is 0 Å². The van der Waals surface area contributed by atoms with Gasteiger partial charge in [0.1, 0.15) is 23.0 Å². The first-order valence-corrected chi connectivity index (χ1v) is 17.6. The number of para-hydroxylation sites is 4. The molecule has 2 aliphatic heterocycles. The molecular weight excluding hydrogens is 637 g/mol. The van der Waals surface area contributed by atoms with Crippen molar-refractivity contribution in [2.24, 2.45) is 0 Å². The highest BCUT2D eigenvalue weighted by Gasteiger charge is 2.50. The topological polar surface area (TPSA) is 36.3 Å². The van der Waals surface area contributed by atoms with Crippen LogP contribution >= 0.6 is 0 Å². The van der Waals surface area contributed by atoms with Crippen LogP contribution < -0.4 is 9.47 Å². The molecule has 0 saturated heterocycles. The van der Waals surface area contributed by atoms with Crippen LogP contribution in [0.3, 0.4) is 0 Å². The van der Waals surface area contributed by atoms with E-state index in [1.165, 1.54) is 21.8 Å². The molecule has 0 radical (unpaired) electrons. The van der Waals surface area contributed by atoms with Crippen molar-refractivity contribution in [1.29, 1.82) is 0 Å². The summed E-state index contributed by atoms with van der Waals surface area (Å²) in [6.45, 7) is 0. The van der Waals surface area contributed by atoms with E-state index >= 15 is 0 Å². The number of pyridine rings is 1. The molecule has 0 amide bonds. The van der Waals surface area contributed by atoms with E-state index in [4.69, 9.17) is 9.47 Å². The van der Waals surface area contributed by atoms with Gasteiger partial charge in [-0.15, -0.1) is 0 Å². The predicted molar refractivity (Wildman–Crippen MR) is 208 cm³/mol. The largest absolute Gasteiger partial charge is 0.457 e. The Morgan fingerprint density at radius 3 is 1.60 bits per heavy atom. The molecule has 2 aromatic heterocycles. The highest BCUT2D eigenvalue weighted by molar-refractivity contribution is 6.10. The van der Waals surface area contributed by atoms with Crippen molar-refractivity contribution in [2.75, 3.05) is 0 Å². The molecule has 0 fully saturated rings. The molecule has 0 saturated carbocycles. The van der Waals surface area contributed by atoms with Gasteiger partial charge in [-0.05, 0) is 82.9 Å². The molecule has 4 heteroatoms. The van der Waals surface area contributed by atoms with Gasteiger partial charge in [-0.1, -0.05) is 109 Å². The van der Waals surface area contributed by atoms with Gasteiger partial charge in [0, 0.05) is 51.1 Å². The summed E-state index contributed by atoms with van der Waals surface area (Å²) in [4.78, 5) is 4.23. The lowest BCUT2D eigenvalue weighted by molar-refractivity contribution is 0.399. The van der Waals surface area contributed by atoms with E-state index in [0.29, 0.717) is 0 Å². The number of ether oxygens (including phenoxy) is 2. The number of fused-ring (bicyclic) bond motifs is 11. The molecule has 7 aromatic carbocycles. The molecule has 0 bridgehead atoms. The number of nitrogens with zero attached hydrogens (tertiary/aromatic N) is 2. The van der Waals surface area contributed by atoms with Crippen LogP contribution in [0.25, 0.3) is 49.7 Å². The number of benzene rings is 7. The molecular formula is C48H30N2O2. The van der Waals surface area contributed by atoms with Gasteiger partial charge in [0.25, 0.3) is 0 Å². The van der Waals surface area contributed by atoms with Crippen molar-refractivity contribution < 1.29 is 9.47 Å². The van der Waals surface area contributed by atoms with Crippen LogP contribution in [0.4, 0.5) is 0 Å². The van der Waals surface area contributed by atoms with Gasteiger partial charge in [0.2, 0.25) is 0 Å². The summed E-state index contributed by atoms with van der Waals surface area (Å²) in [6, 6.07) is 60.3. The normalized spacial score (nSPS) is 15.3. The fourth-order valence-electron chi connectivity index (χ4n) is 8.58. The summed E-state index contributed by atoms with van der Waals surface area (Å²) in [5.41, 5.74) is 11.6. The smallest absolute Gasteiger partial charge is 0.132 e. The zero-order chi connectivity index (χ0) is 34.2. The molecule has 11 rings (SSSR count). The maximum atomic E-state index is 6.87. The van der Waals surface area contributed by atoms with Gasteiger partial charge >= 0.3 is 0 Å². The summed E-state index contributed by atoms with van der Waals surface area (Å²) in [5.74, 6) is 3.35. The first kappa shape index (κ1) is 28.9. The van der Waals surface area contributed by atoms with Crippen molar-refractivity contribution in [3.05, 3.63) is 205 Å². The standard InChI is InChI=1S/C48H30N2O2/c1-2-10-35(11-3-1)50-42-15-7-4-12-36(42)37-21-18-32(28-43(37)50)34-20-23-41-47(30-34)52-45-17-9-6-14-39(45)48(41)38-13-5-8-16-44(38)51-46-29-33(19-22-40(46)48)31-24-26-49-27-25-31/h1-30H. The van der Waals surface area contributed by atoms with Gasteiger partial charge in [-0.25, -0.2) is 0 Å². The quantitative estimate of drug-likeness (QED) is 0.188. The van der Waals surface area contributed by atoms with Crippen molar-refractivity contribution in [3.8, 4) is 50.9 Å². The molecule has 2 aliphatic rings. The monoisotopic (exact) mass is 666 g/mol. The minimum Gasteiger partial charge on any atom is -0.457 e. The van der Waals surface area contributed by atoms with Crippen LogP contribution in [0, 0.1) is 0 Å². The van der Waals surface area contributed by atoms with Gasteiger partial charge in [-0.2, -0.15) is 0 Å². The maximum absolute atomic E-state index is 6.87. The molecule has 1 spiro atoms. The zero-order valence-electron chi connectivity index (χ0n) is 28.0. The molecule has 9 aromatic rings. The van der Waals surface area contributed by atoms with Gasteiger partial charge in [-0.3, -0.25) is 4.98 Å². The minimum atomic E-state index is -0.659. The Labute approximate surface area is 300 Å². The second kappa shape index (κ2) is 11.0. The average Bonchev–Trinajstić information content (AvgIpc) is 3.54. The van der Waals surface area contributed by atoms with E-state index in [1.807, 2.05) is 30.6 Å². The van der Waals surface area contributed by atoms with Crippen LogP contribution in [0.2, 0.25) is 0 Å². The Bertz CT molecular complexity index is 2850. The van der Waals surface area contributed by atoms with E-state index in [0.717, 1.165) is 73.2 Å². The maximum Gasteiger partial charge on any atom is 0.132 e. The highest BCUT2D eigenvalue weighted by atomic mass is 16.5. The van der Waals surface area contributed by atoms with Crippen LogP contribution in [-0.4, -0.2) is 9.55 Å².